The number of nitrogens with one attached hydrogen (secondary N) is 3. The number of rotatable bonds is 6. The zero-order valence-electron chi connectivity index (χ0n) is 18.8. The van der Waals surface area contributed by atoms with Crippen molar-refractivity contribution in [1.82, 2.24) is 30.0 Å². The van der Waals surface area contributed by atoms with Gasteiger partial charge in [0.2, 0.25) is 0 Å². The lowest BCUT2D eigenvalue weighted by molar-refractivity contribution is -0.186. The molecule has 0 radical (unpaired) electrons. The van der Waals surface area contributed by atoms with Gasteiger partial charge in [0, 0.05) is 53.8 Å². The molecule has 10 heteroatoms. The third-order valence-corrected chi connectivity index (χ3v) is 5.94. The van der Waals surface area contributed by atoms with Crippen LogP contribution >= 0.6 is 0 Å². The SMILES string of the molecule is O=C(NOC1CCCCO1)c1ccc(Nc2nc(-c3ccc4cn[nH]c4c3)cn3ccnc23)cc1. The molecule has 1 fully saturated rings. The lowest BCUT2D eigenvalue weighted by Crippen LogP contribution is -2.33. The first-order chi connectivity index (χ1) is 17.2. The number of hydrogen-bond donors (Lipinski definition) is 3. The average Bonchev–Trinajstić information content (AvgIpc) is 3.57. The van der Waals surface area contributed by atoms with Crippen molar-refractivity contribution in [2.45, 2.75) is 25.6 Å². The fourth-order valence-electron chi connectivity index (χ4n) is 4.07. The largest absolute Gasteiger partial charge is 0.350 e. The highest BCUT2D eigenvalue weighted by Crippen LogP contribution is 2.26. The molecule has 4 heterocycles. The molecule has 176 valence electrons. The van der Waals surface area contributed by atoms with Crippen LogP contribution in [0.5, 0.6) is 0 Å². The summed E-state index contributed by atoms with van der Waals surface area (Å²) in [7, 11) is 0. The monoisotopic (exact) mass is 469 g/mol. The molecular weight excluding hydrogens is 446 g/mol. The number of hydroxylamine groups is 1. The summed E-state index contributed by atoms with van der Waals surface area (Å²) in [5, 5.41) is 11.5. The fourth-order valence-corrected chi connectivity index (χ4v) is 4.07. The number of carbonyl (C=O) groups is 1. The molecule has 0 spiro atoms. The summed E-state index contributed by atoms with van der Waals surface area (Å²) in [4.78, 5) is 27.1. The van der Waals surface area contributed by atoms with E-state index in [9.17, 15) is 4.79 Å². The van der Waals surface area contributed by atoms with Crippen LogP contribution in [-0.2, 0) is 9.57 Å². The van der Waals surface area contributed by atoms with Gasteiger partial charge in [0.1, 0.15) is 0 Å². The van der Waals surface area contributed by atoms with E-state index >= 15 is 0 Å². The number of hydrogen-bond acceptors (Lipinski definition) is 7. The summed E-state index contributed by atoms with van der Waals surface area (Å²) in [6.45, 7) is 0.651. The Morgan fingerprint density at radius 1 is 1.17 bits per heavy atom. The Bertz CT molecular complexity index is 1490. The number of carbonyl (C=O) groups excluding carboxylic acids is 1. The van der Waals surface area contributed by atoms with Gasteiger partial charge in [-0.15, -0.1) is 0 Å². The molecule has 1 atom stereocenters. The lowest BCUT2D eigenvalue weighted by atomic mass is 10.1. The molecular formula is C25H23N7O3. The van der Waals surface area contributed by atoms with Crippen molar-refractivity contribution in [1.29, 1.82) is 0 Å². The number of ether oxygens (including phenoxy) is 1. The smallest absolute Gasteiger partial charge is 0.274 e. The molecule has 1 aliphatic rings. The number of H-pyrrole nitrogens is 1. The number of fused-ring (bicyclic) bond motifs is 2. The highest BCUT2D eigenvalue weighted by Gasteiger charge is 2.16. The molecule has 0 saturated carbocycles. The van der Waals surface area contributed by atoms with Gasteiger partial charge in [0.15, 0.2) is 17.8 Å². The molecule has 0 bridgehead atoms. The van der Waals surface area contributed by atoms with Gasteiger partial charge in [0.25, 0.3) is 5.91 Å². The van der Waals surface area contributed by atoms with Crippen LogP contribution in [0.25, 0.3) is 27.8 Å². The van der Waals surface area contributed by atoms with Gasteiger partial charge in [0.05, 0.1) is 17.4 Å². The van der Waals surface area contributed by atoms with Gasteiger partial charge in [-0.25, -0.2) is 20.3 Å². The summed E-state index contributed by atoms with van der Waals surface area (Å²) in [5.74, 6) is 0.280. The van der Waals surface area contributed by atoms with E-state index in [1.807, 2.05) is 47.1 Å². The summed E-state index contributed by atoms with van der Waals surface area (Å²) in [6, 6.07) is 13.1. The topological polar surface area (TPSA) is 118 Å². The van der Waals surface area contributed by atoms with E-state index in [1.165, 1.54) is 0 Å². The van der Waals surface area contributed by atoms with Crippen LogP contribution in [-0.4, -0.2) is 43.4 Å². The summed E-state index contributed by atoms with van der Waals surface area (Å²) >= 11 is 0. The minimum atomic E-state index is -0.391. The molecule has 3 N–H and O–H groups in total. The fraction of sp³-hybridized carbons (Fsp3) is 0.200. The Balaban J connectivity index is 1.21. The third-order valence-electron chi connectivity index (χ3n) is 5.94. The summed E-state index contributed by atoms with van der Waals surface area (Å²) in [6.07, 6.45) is 9.76. The maximum Gasteiger partial charge on any atom is 0.274 e. The summed E-state index contributed by atoms with van der Waals surface area (Å²) < 4.78 is 7.39. The molecule has 1 aliphatic heterocycles. The number of aromatic nitrogens is 5. The molecule has 1 saturated heterocycles. The van der Waals surface area contributed by atoms with Gasteiger partial charge in [-0.05, 0) is 43.2 Å². The van der Waals surface area contributed by atoms with Crippen LogP contribution in [0.4, 0.5) is 11.5 Å². The van der Waals surface area contributed by atoms with Crippen molar-refractivity contribution < 1.29 is 14.4 Å². The second-order valence-electron chi connectivity index (χ2n) is 8.35. The predicted molar refractivity (Wildman–Crippen MR) is 130 cm³/mol. The number of aromatic amines is 1. The second kappa shape index (κ2) is 9.16. The first-order valence-corrected chi connectivity index (χ1v) is 11.4. The molecule has 1 amide bonds. The van der Waals surface area contributed by atoms with Crippen molar-refractivity contribution in [3.63, 3.8) is 0 Å². The van der Waals surface area contributed by atoms with Gasteiger partial charge in [-0.3, -0.25) is 9.89 Å². The predicted octanol–water partition coefficient (Wildman–Crippen LogP) is 4.20. The zero-order valence-corrected chi connectivity index (χ0v) is 18.8. The van der Waals surface area contributed by atoms with Crippen molar-refractivity contribution in [3.8, 4) is 11.3 Å². The quantitative estimate of drug-likeness (QED) is 0.319. The average molecular weight is 470 g/mol. The van der Waals surface area contributed by atoms with Crippen molar-refractivity contribution in [3.05, 3.63) is 72.8 Å². The van der Waals surface area contributed by atoms with Gasteiger partial charge >= 0.3 is 0 Å². The Kier molecular flexibility index (Phi) is 5.57. The Hall–Kier alpha value is -4.28. The summed E-state index contributed by atoms with van der Waals surface area (Å²) in [5.41, 5.74) is 7.10. The zero-order chi connectivity index (χ0) is 23.6. The van der Waals surface area contributed by atoms with Gasteiger partial charge in [-0.1, -0.05) is 12.1 Å². The number of nitrogens with zero attached hydrogens (tertiary/aromatic N) is 4. The highest BCUT2D eigenvalue weighted by molar-refractivity contribution is 5.94. The molecule has 6 rings (SSSR count). The molecule has 2 aromatic carbocycles. The van der Waals surface area contributed by atoms with Crippen LogP contribution in [0.2, 0.25) is 0 Å². The molecule has 35 heavy (non-hydrogen) atoms. The Morgan fingerprint density at radius 2 is 2.09 bits per heavy atom. The minimum Gasteiger partial charge on any atom is -0.350 e. The van der Waals surface area contributed by atoms with E-state index in [2.05, 4.69) is 26.0 Å². The van der Waals surface area contributed by atoms with Crippen LogP contribution < -0.4 is 10.8 Å². The van der Waals surface area contributed by atoms with E-state index in [1.54, 1.807) is 24.5 Å². The number of benzene rings is 2. The number of imidazole rings is 1. The van der Waals surface area contributed by atoms with E-state index < -0.39 is 6.29 Å². The number of anilines is 2. The van der Waals surface area contributed by atoms with E-state index in [-0.39, 0.29) is 5.91 Å². The van der Waals surface area contributed by atoms with Crippen LogP contribution in [0.1, 0.15) is 29.6 Å². The number of amides is 1. The first-order valence-electron chi connectivity index (χ1n) is 11.4. The van der Waals surface area contributed by atoms with Crippen molar-refractivity contribution in [2.75, 3.05) is 11.9 Å². The molecule has 3 aromatic heterocycles. The van der Waals surface area contributed by atoms with Gasteiger partial charge < -0.3 is 14.5 Å². The van der Waals surface area contributed by atoms with E-state index in [4.69, 9.17) is 14.6 Å². The maximum absolute atomic E-state index is 12.4. The van der Waals surface area contributed by atoms with Crippen LogP contribution in [0, 0.1) is 0 Å². The molecule has 10 nitrogen and oxygen atoms in total. The Morgan fingerprint density at radius 3 is 2.94 bits per heavy atom. The third kappa shape index (κ3) is 4.44. The molecule has 1 unspecified atom stereocenters. The minimum absolute atomic E-state index is 0.323. The standard InChI is InChI=1S/C25H23N7O3/c33-25(31-35-22-3-1-2-12-34-22)16-6-8-19(9-7-16)28-23-24-26-10-11-32(24)15-21(29-23)17-4-5-18-14-27-30-20(18)13-17/h4-11,13-15,22H,1-3,12H2,(H,27,30)(H,28,29)(H,31,33). The maximum atomic E-state index is 12.4. The van der Waals surface area contributed by atoms with Crippen LogP contribution in [0.3, 0.4) is 0 Å². The highest BCUT2D eigenvalue weighted by atomic mass is 16.8. The van der Waals surface area contributed by atoms with E-state index in [0.29, 0.717) is 23.6 Å². The van der Waals surface area contributed by atoms with Crippen molar-refractivity contribution in [2.24, 2.45) is 0 Å². The van der Waals surface area contributed by atoms with E-state index in [0.717, 1.165) is 47.1 Å². The van der Waals surface area contributed by atoms with Gasteiger partial charge in [-0.2, -0.15) is 5.10 Å². The normalized spacial score (nSPS) is 15.9. The molecule has 5 aromatic rings. The molecule has 0 aliphatic carbocycles. The lowest BCUT2D eigenvalue weighted by Gasteiger charge is -2.22. The first kappa shape index (κ1) is 21.3. The van der Waals surface area contributed by atoms with Crippen LogP contribution in [0.15, 0.2) is 67.3 Å². The van der Waals surface area contributed by atoms with Crippen molar-refractivity contribution >= 4 is 34.0 Å². The second-order valence-corrected chi connectivity index (χ2v) is 8.35. The Labute approximate surface area is 200 Å².